The first kappa shape index (κ1) is 34.9. The number of carbonyl (C=O) groups excluding carboxylic acids is 4. The minimum Gasteiger partial charge on any atom is -0.464 e. The summed E-state index contributed by atoms with van der Waals surface area (Å²) in [6, 6.07) is -0.533. The fraction of sp³-hybridized carbons (Fsp3) is 0.867. The van der Waals surface area contributed by atoms with Gasteiger partial charge in [-0.15, -0.1) is 0 Å². The summed E-state index contributed by atoms with van der Waals surface area (Å²) in [4.78, 5) is 52.5. The van der Waals surface area contributed by atoms with Gasteiger partial charge in [0.25, 0.3) is 0 Å². The van der Waals surface area contributed by atoms with Gasteiger partial charge in [-0.1, -0.05) is 54.4 Å². The molecule has 1 aliphatic heterocycles. The number of piperidine rings is 1. The first-order valence-electron chi connectivity index (χ1n) is 15.2. The zero-order valence-electron chi connectivity index (χ0n) is 25.2. The van der Waals surface area contributed by atoms with Crippen molar-refractivity contribution in [2.24, 2.45) is 5.92 Å². The molecule has 1 aliphatic rings. The fourth-order valence-corrected chi connectivity index (χ4v) is 4.96. The summed E-state index contributed by atoms with van der Waals surface area (Å²) in [6.45, 7) is 12.8. The van der Waals surface area contributed by atoms with Gasteiger partial charge in [-0.3, -0.25) is 24.1 Å². The first-order valence-corrected chi connectivity index (χ1v) is 15.2. The summed E-state index contributed by atoms with van der Waals surface area (Å²) in [7, 11) is 0. The second kappa shape index (κ2) is 19.8. The standard InChI is InChI=1S/C30H53NO8/c1-7-14-25(32)36-21-23-29(38-27(34)16-9-3)30(39-28(35)17-10-4)24(37-26(33)15-8-2)20-31(23)19-13-18-22(11-5)12-6/h22-24,29-30H,7-21H2,1-6H3/t23-,24+,29-,30-/m1/s1. The second-order valence-corrected chi connectivity index (χ2v) is 10.5. The van der Waals surface area contributed by atoms with E-state index in [-0.39, 0.29) is 44.2 Å². The zero-order chi connectivity index (χ0) is 29.2. The summed E-state index contributed by atoms with van der Waals surface area (Å²) in [6.07, 6.45) is 4.74. The van der Waals surface area contributed by atoms with Gasteiger partial charge in [0.2, 0.25) is 0 Å². The van der Waals surface area contributed by atoms with Gasteiger partial charge >= 0.3 is 23.9 Å². The lowest BCUT2D eigenvalue weighted by atomic mass is 9.92. The smallest absolute Gasteiger partial charge is 0.306 e. The number of rotatable bonds is 19. The Hall–Kier alpha value is -2.16. The second-order valence-electron chi connectivity index (χ2n) is 10.5. The zero-order valence-corrected chi connectivity index (χ0v) is 25.2. The third-order valence-corrected chi connectivity index (χ3v) is 7.21. The molecular formula is C30H53NO8. The summed E-state index contributed by atoms with van der Waals surface area (Å²) >= 11 is 0. The molecule has 4 atom stereocenters. The van der Waals surface area contributed by atoms with E-state index in [0.29, 0.717) is 44.7 Å². The molecule has 0 N–H and O–H groups in total. The van der Waals surface area contributed by atoms with E-state index in [1.165, 1.54) is 0 Å². The molecule has 0 aromatic rings. The molecule has 1 rings (SSSR count). The number of likely N-dealkylation sites (tertiary alicyclic amines) is 1. The van der Waals surface area contributed by atoms with Crippen molar-refractivity contribution in [3.63, 3.8) is 0 Å². The Morgan fingerprint density at radius 1 is 0.692 bits per heavy atom. The molecule has 226 valence electrons. The van der Waals surface area contributed by atoms with Gasteiger partial charge in [0.05, 0.1) is 6.04 Å². The molecule has 39 heavy (non-hydrogen) atoms. The average Bonchev–Trinajstić information content (AvgIpc) is 2.88. The Bertz CT molecular complexity index is 738. The Morgan fingerprint density at radius 2 is 1.18 bits per heavy atom. The number of hydrogen-bond donors (Lipinski definition) is 0. The van der Waals surface area contributed by atoms with Crippen LogP contribution in [0.2, 0.25) is 0 Å². The number of hydrogen-bond acceptors (Lipinski definition) is 9. The number of nitrogens with zero attached hydrogens (tertiary/aromatic N) is 1. The van der Waals surface area contributed by atoms with Gasteiger partial charge in [-0.25, -0.2) is 0 Å². The van der Waals surface area contributed by atoms with Gasteiger partial charge in [-0.05, 0) is 51.0 Å². The predicted molar refractivity (Wildman–Crippen MR) is 149 cm³/mol. The summed E-state index contributed by atoms with van der Waals surface area (Å²) in [5.41, 5.74) is 0. The molecule has 0 radical (unpaired) electrons. The van der Waals surface area contributed by atoms with Gasteiger partial charge < -0.3 is 18.9 Å². The van der Waals surface area contributed by atoms with E-state index in [2.05, 4.69) is 18.7 Å². The van der Waals surface area contributed by atoms with E-state index < -0.39 is 36.3 Å². The molecule has 9 nitrogen and oxygen atoms in total. The lowest BCUT2D eigenvalue weighted by Crippen LogP contribution is -2.65. The average molecular weight is 556 g/mol. The molecule has 1 heterocycles. The highest BCUT2D eigenvalue weighted by Gasteiger charge is 2.50. The summed E-state index contributed by atoms with van der Waals surface area (Å²) in [5, 5.41) is 0. The van der Waals surface area contributed by atoms with E-state index in [0.717, 1.165) is 25.7 Å². The Balaban J connectivity index is 3.41. The van der Waals surface area contributed by atoms with Gasteiger partial charge in [0, 0.05) is 32.2 Å². The van der Waals surface area contributed by atoms with Crippen LogP contribution in [0.4, 0.5) is 0 Å². The van der Waals surface area contributed by atoms with E-state index in [9.17, 15) is 19.2 Å². The van der Waals surface area contributed by atoms with Crippen LogP contribution in [0.25, 0.3) is 0 Å². The van der Waals surface area contributed by atoms with E-state index in [4.69, 9.17) is 18.9 Å². The van der Waals surface area contributed by atoms with E-state index >= 15 is 0 Å². The highest BCUT2D eigenvalue weighted by Crippen LogP contribution is 2.29. The third-order valence-electron chi connectivity index (χ3n) is 7.21. The Morgan fingerprint density at radius 3 is 1.69 bits per heavy atom. The number of ether oxygens (including phenoxy) is 4. The van der Waals surface area contributed by atoms with Gasteiger partial charge in [0.15, 0.2) is 18.3 Å². The molecule has 0 aromatic carbocycles. The van der Waals surface area contributed by atoms with Crippen LogP contribution in [0.3, 0.4) is 0 Å². The molecule has 0 amide bonds. The quantitative estimate of drug-likeness (QED) is 0.154. The maximum Gasteiger partial charge on any atom is 0.306 e. The predicted octanol–water partition coefficient (Wildman–Crippen LogP) is 5.37. The highest BCUT2D eigenvalue weighted by molar-refractivity contribution is 5.72. The van der Waals surface area contributed by atoms with Crippen molar-refractivity contribution >= 4 is 23.9 Å². The fourth-order valence-electron chi connectivity index (χ4n) is 4.96. The van der Waals surface area contributed by atoms with E-state index in [1.54, 1.807) is 0 Å². The van der Waals surface area contributed by atoms with Crippen molar-refractivity contribution in [2.45, 2.75) is 143 Å². The summed E-state index contributed by atoms with van der Waals surface area (Å²) in [5.74, 6) is -0.984. The van der Waals surface area contributed by atoms with Gasteiger partial charge in [-0.2, -0.15) is 0 Å². The molecule has 0 spiro atoms. The Kier molecular flexibility index (Phi) is 17.7. The molecule has 0 aliphatic carbocycles. The molecular weight excluding hydrogens is 502 g/mol. The topological polar surface area (TPSA) is 108 Å². The van der Waals surface area contributed by atoms with Crippen LogP contribution in [0, 0.1) is 5.92 Å². The lowest BCUT2D eigenvalue weighted by Gasteiger charge is -2.47. The van der Waals surface area contributed by atoms with Crippen molar-refractivity contribution in [1.82, 2.24) is 4.90 Å². The van der Waals surface area contributed by atoms with Crippen LogP contribution in [-0.2, 0) is 38.1 Å². The molecule has 1 saturated heterocycles. The third kappa shape index (κ3) is 12.7. The molecule has 1 fully saturated rings. The van der Waals surface area contributed by atoms with Crippen LogP contribution in [-0.4, -0.2) is 72.8 Å². The maximum atomic E-state index is 12.8. The SMILES string of the molecule is CCCC(=O)OC[C@@H]1[C@@H](OC(=O)CCC)[C@H](OC(=O)CCC)[C@@H](OC(=O)CCC)CN1CCCC(CC)CC. The maximum absolute atomic E-state index is 12.8. The van der Waals surface area contributed by atoms with E-state index in [1.807, 2.05) is 27.7 Å². The van der Waals surface area contributed by atoms with Gasteiger partial charge in [0.1, 0.15) is 6.61 Å². The van der Waals surface area contributed by atoms with Crippen LogP contribution in [0.5, 0.6) is 0 Å². The molecule has 0 bridgehead atoms. The van der Waals surface area contributed by atoms with Crippen LogP contribution < -0.4 is 0 Å². The molecule has 0 unspecified atom stereocenters. The monoisotopic (exact) mass is 555 g/mol. The first-order chi connectivity index (χ1) is 18.7. The largest absolute Gasteiger partial charge is 0.464 e. The molecule has 9 heteroatoms. The lowest BCUT2D eigenvalue weighted by molar-refractivity contribution is -0.210. The molecule has 0 saturated carbocycles. The van der Waals surface area contributed by atoms with Crippen molar-refractivity contribution < 1.29 is 38.1 Å². The minimum atomic E-state index is -0.990. The van der Waals surface area contributed by atoms with Crippen LogP contribution in [0.1, 0.15) is 119 Å². The summed E-state index contributed by atoms with van der Waals surface area (Å²) < 4.78 is 23.3. The highest BCUT2D eigenvalue weighted by atomic mass is 16.6. The van der Waals surface area contributed by atoms with Crippen LogP contribution in [0.15, 0.2) is 0 Å². The number of esters is 4. The van der Waals surface area contributed by atoms with Crippen molar-refractivity contribution in [3.05, 3.63) is 0 Å². The van der Waals surface area contributed by atoms with Crippen molar-refractivity contribution in [2.75, 3.05) is 19.7 Å². The van der Waals surface area contributed by atoms with Crippen molar-refractivity contribution in [1.29, 1.82) is 0 Å². The Labute approximate surface area is 235 Å². The number of carbonyl (C=O) groups is 4. The minimum absolute atomic E-state index is 0.00859. The normalized spacial score (nSPS) is 21.4. The molecule has 0 aromatic heterocycles. The van der Waals surface area contributed by atoms with Crippen molar-refractivity contribution in [3.8, 4) is 0 Å². The van der Waals surface area contributed by atoms with Crippen LogP contribution >= 0.6 is 0 Å².